The lowest BCUT2D eigenvalue weighted by Crippen LogP contribution is -2.00. The van der Waals surface area contributed by atoms with Crippen LogP contribution in [0, 0.1) is 0 Å². The summed E-state index contributed by atoms with van der Waals surface area (Å²) in [7, 11) is 0. The SMILES string of the molecule is O=c1nc2n3cccnc3ncc-2s1. The number of thiazole rings is 1. The van der Waals surface area contributed by atoms with Gasteiger partial charge in [0.25, 0.3) is 0 Å². The molecule has 0 N–H and O–H groups in total. The highest BCUT2D eigenvalue weighted by atomic mass is 32.1. The molecular formula is C8H4N4OS. The van der Waals surface area contributed by atoms with E-state index in [4.69, 9.17) is 0 Å². The summed E-state index contributed by atoms with van der Waals surface area (Å²) in [5.74, 6) is 1.17. The minimum atomic E-state index is -0.203. The van der Waals surface area contributed by atoms with Gasteiger partial charge in [-0.1, -0.05) is 11.3 Å². The molecular weight excluding hydrogens is 200 g/mol. The van der Waals surface area contributed by atoms with Gasteiger partial charge in [0.2, 0.25) is 5.78 Å². The molecule has 0 saturated carbocycles. The molecule has 0 unspecified atom stereocenters. The Balaban J connectivity index is 2.59. The van der Waals surface area contributed by atoms with Gasteiger partial charge in [0.1, 0.15) is 0 Å². The zero-order chi connectivity index (χ0) is 9.54. The quantitative estimate of drug-likeness (QED) is 0.539. The minimum Gasteiger partial charge on any atom is -0.268 e. The molecule has 0 atom stereocenters. The van der Waals surface area contributed by atoms with Gasteiger partial charge in [0.05, 0.1) is 11.1 Å². The smallest absolute Gasteiger partial charge is 0.268 e. The Morgan fingerprint density at radius 3 is 3.21 bits per heavy atom. The molecule has 3 heterocycles. The summed E-state index contributed by atoms with van der Waals surface area (Å²) >= 11 is 1.09. The fraction of sp³-hybridized carbons (Fsp3) is 0. The first-order valence-corrected chi connectivity index (χ1v) is 4.75. The molecule has 1 aromatic heterocycles. The highest BCUT2D eigenvalue weighted by Gasteiger charge is 2.12. The van der Waals surface area contributed by atoms with E-state index >= 15 is 0 Å². The molecule has 0 amide bonds. The third-order valence-electron chi connectivity index (χ3n) is 1.87. The van der Waals surface area contributed by atoms with Crippen LogP contribution < -0.4 is 4.87 Å². The van der Waals surface area contributed by atoms with Crippen LogP contribution in [0.4, 0.5) is 0 Å². The molecule has 0 aromatic carbocycles. The Morgan fingerprint density at radius 1 is 1.36 bits per heavy atom. The van der Waals surface area contributed by atoms with E-state index in [1.165, 1.54) is 0 Å². The minimum absolute atomic E-state index is 0.203. The van der Waals surface area contributed by atoms with Crippen LogP contribution in [-0.2, 0) is 0 Å². The summed E-state index contributed by atoms with van der Waals surface area (Å²) in [5, 5.41) is 0. The van der Waals surface area contributed by atoms with Crippen molar-refractivity contribution in [3.05, 3.63) is 34.3 Å². The van der Waals surface area contributed by atoms with E-state index in [2.05, 4.69) is 15.0 Å². The maximum atomic E-state index is 11.1. The summed E-state index contributed by atoms with van der Waals surface area (Å²) in [6.07, 6.45) is 5.06. The van der Waals surface area contributed by atoms with Crippen molar-refractivity contribution in [2.75, 3.05) is 0 Å². The second-order valence-corrected chi connectivity index (χ2v) is 3.71. The topological polar surface area (TPSA) is 60.2 Å². The maximum absolute atomic E-state index is 11.1. The van der Waals surface area contributed by atoms with Crippen molar-refractivity contribution in [3.63, 3.8) is 0 Å². The maximum Gasteiger partial charge on any atom is 0.329 e. The molecule has 14 heavy (non-hydrogen) atoms. The van der Waals surface area contributed by atoms with Gasteiger partial charge in [-0.3, -0.25) is 9.20 Å². The van der Waals surface area contributed by atoms with Crippen LogP contribution in [0.3, 0.4) is 0 Å². The zero-order valence-corrected chi connectivity index (χ0v) is 7.73. The van der Waals surface area contributed by atoms with Crippen LogP contribution in [0.2, 0.25) is 0 Å². The third-order valence-corrected chi connectivity index (χ3v) is 2.64. The molecule has 3 rings (SSSR count). The van der Waals surface area contributed by atoms with Crippen LogP contribution in [-0.4, -0.2) is 19.4 Å². The highest BCUT2D eigenvalue weighted by Crippen LogP contribution is 2.20. The summed E-state index contributed by atoms with van der Waals surface area (Å²) in [6.45, 7) is 0. The summed E-state index contributed by atoms with van der Waals surface area (Å²) in [4.78, 5) is 23.7. The van der Waals surface area contributed by atoms with E-state index in [0.717, 1.165) is 16.2 Å². The average molecular weight is 204 g/mol. The third kappa shape index (κ3) is 0.942. The van der Waals surface area contributed by atoms with Crippen molar-refractivity contribution < 1.29 is 0 Å². The fourth-order valence-electron chi connectivity index (χ4n) is 1.30. The van der Waals surface area contributed by atoms with Crippen LogP contribution in [0.1, 0.15) is 0 Å². The molecule has 1 aromatic rings. The molecule has 2 aliphatic heterocycles. The number of aromatic nitrogens is 4. The predicted molar refractivity (Wildman–Crippen MR) is 51.6 cm³/mol. The Bertz CT molecular complexity index is 629. The molecule has 68 valence electrons. The number of nitrogens with zero attached hydrogens (tertiary/aromatic N) is 4. The van der Waals surface area contributed by atoms with Crippen molar-refractivity contribution >= 4 is 17.1 Å². The first-order valence-electron chi connectivity index (χ1n) is 3.93. The van der Waals surface area contributed by atoms with Gasteiger partial charge in [-0.15, -0.1) is 0 Å². The van der Waals surface area contributed by atoms with E-state index in [9.17, 15) is 4.79 Å². The predicted octanol–water partition coefficient (Wildman–Crippen LogP) is 0.651. The Hall–Kier alpha value is -1.82. The normalized spacial score (nSPS) is 11.1. The number of hydrogen-bond acceptors (Lipinski definition) is 5. The lowest BCUT2D eigenvalue weighted by molar-refractivity contribution is 1.01. The van der Waals surface area contributed by atoms with Gasteiger partial charge in [-0.2, -0.15) is 4.98 Å². The molecule has 6 heteroatoms. The first kappa shape index (κ1) is 7.57. The molecule has 0 aliphatic carbocycles. The lowest BCUT2D eigenvalue weighted by atomic mass is 10.5. The van der Waals surface area contributed by atoms with Crippen LogP contribution in [0.5, 0.6) is 0 Å². The van der Waals surface area contributed by atoms with E-state index in [0.29, 0.717) is 11.6 Å². The fourth-order valence-corrected chi connectivity index (χ4v) is 1.96. The number of rotatable bonds is 0. The molecule has 0 saturated heterocycles. The summed E-state index contributed by atoms with van der Waals surface area (Å²) < 4.78 is 1.70. The Morgan fingerprint density at radius 2 is 2.29 bits per heavy atom. The molecule has 0 bridgehead atoms. The van der Waals surface area contributed by atoms with E-state index in [-0.39, 0.29) is 4.87 Å². The van der Waals surface area contributed by atoms with Crippen molar-refractivity contribution in [1.29, 1.82) is 0 Å². The molecule has 5 nitrogen and oxygen atoms in total. The Labute approximate surface area is 82.1 Å². The summed E-state index contributed by atoms with van der Waals surface area (Å²) in [6, 6.07) is 1.78. The van der Waals surface area contributed by atoms with Crippen molar-refractivity contribution in [3.8, 4) is 10.7 Å². The standard InChI is InChI=1S/C8H4N4OS/c13-8-11-6-5(14-8)4-10-7-9-2-1-3-12(6)7/h1-4H. The monoisotopic (exact) mass is 204 g/mol. The van der Waals surface area contributed by atoms with Gasteiger partial charge < -0.3 is 0 Å². The van der Waals surface area contributed by atoms with Gasteiger partial charge in [-0.05, 0) is 6.07 Å². The van der Waals surface area contributed by atoms with E-state index in [1.807, 2.05) is 0 Å². The van der Waals surface area contributed by atoms with Gasteiger partial charge in [0.15, 0.2) is 5.82 Å². The van der Waals surface area contributed by atoms with Gasteiger partial charge >= 0.3 is 4.87 Å². The van der Waals surface area contributed by atoms with Gasteiger partial charge in [0, 0.05) is 12.4 Å². The number of fused-ring (bicyclic) bond motifs is 3. The average Bonchev–Trinajstić information content (AvgIpc) is 2.59. The van der Waals surface area contributed by atoms with E-state index in [1.54, 1.807) is 29.1 Å². The lowest BCUT2D eigenvalue weighted by Gasteiger charge is -2.02. The van der Waals surface area contributed by atoms with E-state index < -0.39 is 0 Å². The second-order valence-electron chi connectivity index (χ2n) is 2.72. The van der Waals surface area contributed by atoms with Gasteiger partial charge in [-0.25, -0.2) is 9.97 Å². The largest absolute Gasteiger partial charge is 0.329 e. The Kier molecular flexibility index (Phi) is 1.40. The van der Waals surface area contributed by atoms with Crippen molar-refractivity contribution in [2.24, 2.45) is 0 Å². The van der Waals surface area contributed by atoms with Crippen LogP contribution in [0.25, 0.3) is 16.5 Å². The molecule has 0 radical (unpaired) electrons. The van der Waals surface area contributed by atoms with Crippen molar-refractivity contribution in [2.45, 2.75) is 0 Å². The van der Waals surface area contributed by atoms with Crippen LogP contribution in [0.15, 0.2) is 29.5 Å². The molecule has 0 fully saturated rings. The number of hydrogen-bond donors (Lipinski definition) is 0. The first-order chi connectivity index (χ1) is 6.84. The second kappa shape index (κ2) is 2.58. The van der Waals surface area contributed by atoms with Crippen molar-refractivity contribution in [1.82, 2.24) is 19.4 Å². The van der Waals surface area contributed by atoms with Crippen LogP contribution >= 0.6 is 11.3 Å². The molecule has 2 aliphatic rings. The highest BCUT2D eigenvalue weighted by molar-refractivity contribution is 7.12. The molecule has 0 spiro atoms. The summed E-state index contributed by atoms with van der Waals surface area (Å²) in [5.41, 5.74) is 0. The zero-order valence-electron chi connectivity index (χ0n) is 6.91.